The van der Waals surface area contributed by atoms with Gasteiger partial charge in [0.05, 0.1) is 11.1 Å². The van der Waals surface area contributed by atoms with Crippen LogP contribution in [0, 0.1) is 5.82 Å². The van der Waals surface area contributed by atoms with Gasteiger partial charge in [0.1, 0.15) is 11.6 Å². The minimum absolute atomic E-state index is 0.0659. The van der Waals surface area contributed by atoms with Crippen LogP contribution in [0.3, 0.4) is 0 Å². The van der Waals surface area contributed by atoms with Gasteiger partial charge in [0.25, 0.3) is 5.91 Å². The number of hydrogen-bond donors (Lipinski definition) is 2. The third kappa shape index (κ3) is 3.45. The van der Waals surface area contributed by atoms with Crippen LogP contribution in [0.5, 0.6) is 5.75 Å². The van der Waals surface area contributed by atoms with Gasteiger partial charge in [-0.05, 0) is 18.6 Å². The third-order valence-corrected chi connectivity index (χ3v) is 4.92. The fraction of sp³-hybridized carbons (Fsp3) is 0.417. The molecule has 0 bridgehead atoms. The fourth-order valence-corrected chi connectivity index (χ4v) is 3.39. The molecule has 1 amide bonds. The molecule has 0 saturated heterocycles. The highest BCUT2D eigenvalue weighted by Gasteiger charge is 2.28. The molecular formula is C12H14Br2FNO2. The number of aromatic hydroxyl groups is 1. The molecule has 0 unspecified atom stereocenters. The summed E-state index contributed by atoms with van der Waals surface area (Å²) in [4.78, 5) is 12.0. The Bertz CT molecular complexity index is 428. The monoisotopic (exact) mass is 381 g/mol. The van der Waals surface area contributed by atoms with E-state index in [1.54, 1.807) is 0 Å². The Hall–Kier alpha value is -0.620. The first kappa shape index (κ1) is 15.4. The molecule has 0 aliphatic heterocycles. The van der Waals surface area contributed by atoms with Crippen molar-refractivity contribution in [1.29, 1.82) is 0 Å². The van der Waals surface area contributed by atoms with E-state index in [2.05, 4.69) is 37.2 Å². The number of rotatable bonds is 5. The van der Waals surface area contributed by atoms with Gasteiger partial charge in [-0.1, -0.05) is 38.8 Å². The van der Waals surface area contributed by atoms with Crippen molar-refractivity contribution < 1.29 is 14.3 Å². The summed E-state index contributed by atoms with van der Waals surface area (Å²) < 4.78 is 12.8. The summed E-state index contributed by atoms with van der Waals surface area (Å²) in [5.74, 6) is -1.36. The molecule has 1 rings (SSSR count). The predicted molar refractivity (Wildman–Crippen MR) is 76.1 cm³/mol. The molecule has 0 saturated carbocycles. The number of nitrogens with one attached hydrogen (secondary N) is 1. The molecule has 0 atom stereocenters. The van der Waals surface area contributed by atoms with Crippen LogP contribution in [0.4, 0.5) is 4.39 Å². The van der Waals surface area contributed by atoms with Crippen molar-refractivity contribution in [3.05, 3.63) is 29.6 Å². The molecular weight excluding hydrogens is 369 g/mol. The smallest absolute Gasteiger partial charge is 0.255 e. The van der Waals surface area contributed by atoms with E-state index < -0.39 is 17.3 Å². The number of halogens is 3. The van der Waals surface area contributed by atoms with Crippen LogP contribution in [0.25, 0.3) is 0 Å². The molecule has 2 N–H and O–H groups in total. The van der Waals surface area contributed by atoms with Gasteiger partial charge in [0.15, 0.2) is 0 Å². The van der Waals surface area contributed by atoms with Gasteiger partial charge < -0.3 is 10.4 Å². The van der Waals surface area contributed by atoms with Gasteiger partial charge in [-0.25, -0.2) is 4.39 Å². The van der Waals surface area contributed by atoms with Crippen LogP contribution >= 0.6 is 31.9 Å². The van der Waals surface area contributed by atoms with Gasteiger partial charge in [-0.15, -0.1) is 0 Å². The Morgan fingerprint density at radius 3 is 2.50 bits per heavy atom. The second-order valence-corrected chi connectivity index (χ2v) is 5.14. The molecule has 6 heteroatoms. The number of alkyl halides is 2. The predicted octanol–water partition coefficient (Wildman–Crippen LogP) is 3.20. The van der Waals surface area contributed by atoms with E-state index in [1.165, 1.54) is 6.07 Å². The van der Waals surface area contributed by atoms with E-state index in [-0.39, 0.29) is 11.3 Å². The van der Waals surface area contributed by atoms with Gasteiger partial charge in [0, 0.05) is 16.7 Å². The van der Waals surface area contributed by atoms with Crippen molar-refractivity contribution in [3.63, 3.8) is 0 Å². The molecule has 0 radical (unpaired) electrons. The molecule has 0 aliphatic carbocycles. The first-order valence-corrected chi connectivity index (χ1v) is 7.65. The fourth-order valence-electron chi connectivity index (χ4n) is 1.38. The summed E-state index contributed by atoms with van der Waals surface area (Å²) in [6.45, 7) is 1.95. The van der Waals surface area contributed by atoms with Crippen molar-refractivity contribution in [3.8, 4) is 5.75 Å². The van der Waals surface area contributed by atoms with Crippen molar-refractivity contribution in [2.45, 2.75) is 18.9 Å². The summed E-state index contributed by atoms with van der Waals surface area (Å²) in [6, 6.07) is 3.33. The second kappa shape index (κ2) is 6.52. The van der Waals surface area contributed by atoms with Crippen LogP contribution in [0.15, 0.2) is 18.2 Å². The summed E-state index contributed by atoms with van der Waals surface area (Å²) in [5, 5.41) is 13.6. The van der Waals surface area contributed by atoms with E-state index in [9.17, 15) is 14.3 Å². The van der Waals surface area contributed by atoms with Crippen molar-refractivity contribution in [2.75, 3.05) is 10.7 Å². The summed E-state index contributed by atoms with van der Waals surface area (Å²) >= 11 is 6.71. The molecule has 100 valence electrons. The first-order chi connectivity index (χ1) is 8.48. The Balaban J connectivity index is 2.94. The van der Waals surface area contributed by atoms with Gasteiger partial charge in [-0.2, -0.15) is 0 Å². The molecule has 18 heavy (non-hydrogen) atoms. The number of phenolic OH excluding ortho intramolecular Hbond substituents is 1. The van der Waals surface area contributed by atoms with Crippen molar-refractivity contribution in [2.24, 2.45) is 0 Å². The molecule has 1 aromatic carbocycles. The third-order valence-electron chi connectivity index (χ3n) is 2.77. The standard InChI is InChI=1S/C12H14Br2FNO2/c1-2-12(6-13,7-14)16-11(18)9-4-3-8(15)5-10(9)17/h3-5,17H,2,6-7H2,1H3,(H,16,18). The summed E-state index contributed by atoms with van der Waals surface area (Å²) in [6.07, 6.45) is 0.719. The Morgan fingerprint density at radius 1 is 1.44 bits per heavy atom. The Kier molecular flexibility index (Phi) is 5.59. The molecule has 3 nitrogen and oxygen atoms in total. The SMILES string of the molecule is CCC(CBr)(CBr)NC(=O)c1ccc(F)cc1O. The second-order valence-electron chi connectivity index (χ2n) is 4.02. The molecule has 0 aromatic heterocycles. The lowest BCUT2D eigenvalue weighted by Crippen LogP contribution is -2.51. The quantitative estimate of drug-likeness (QED) is 0.768. The topological polar surface area (TPSA) is 49.3 Å². The number of hydrogen-bond acceptors (Lipinski definition) is 2. The average Bonchev–Trinajstić information content (AvgIpc) is 2.36. The molecule has 0 fully saturated rings. The number of phenols is 1. The highest BCUT2D eigenvalue weighted by molar-refractivity contribution is 9.09. The zero-order valence-corrected chi connectivity index (χ0v) is 13.0. The molecule has 1 aromatic rings. The van der Waals surface area contributed by atoms with Crippen LogP contribution in [-0.2, 0) is 0 Å². The van der Waals surface area contributed by atoms with Gasteiger partial charge >= 0.3 is 0 Å². The van der Waals surface area contributed by atoms with E-state index in [1.807, 2.05) is 6.92 Å². The molecule has 0 spiro atoms. The lowest BCUT2D eigenvalue weighted by atomic mass is 10.0. The maximum absolute atomic E-state index is 12.8. The largest absolute Gasteiger partial charge is 0.507 e. The maximum Gasteiger partial charge on any atom is 0.255 e. The molecule has 0 heterocycles. The maximum atomic E-state index is 12.8. The number of amides is 1. The zero-order chi connectivity index (χ0) is 13.8. The Morgan fingerprint density at radius 2 is 2.06 bits per heavy atom. The van der Waals surface area contributed by atoms with Crippen molar-refractivity contribution in [1.82, 2.24) is 5.32 Å². The van der Waals surface area contributed by atoms with Crippen LogP contribution in [0.1, 0.15) is 23.7 Å². The summed E-state index contributed by atoms with van der Waals surface area (Å²) in [7, 11) is 0. The lowest BCUT2D eigenvalue weighted by Gasteiger charge is -2.30. The van der Waals surface area contributed by atoms with E-state index in [0.717, 1.165) is 18.6 Å². The highest BCUT2D eigenvalue weighted by Crippen LogP contribution is 2.21. The van der Waals surface area contributed by atoms with Crippen molar-refractivity contribution >= 4 is 37.8 Å². The van der Waals surface area contributed by atoms with E-state index in [0.29, 0.717) is 10.7 Å². The minimum Gasteiger partial charge on any atom is -0.507 e. The summed E-state index contributed by atoms with van der Waals surface area (Å²) in [5.41, 5.74) is -0.367. The normalized spacial score (nSPS) is 11.3. The molecule has 0 aliphatic rings. The van der Waals surface area contributed by atoms with Crippen LogP contribution in [0.2, 0.25) is 0 Å². The average molecular weight is 383 g/mol. The zero-order valence-electron chi connectivity index (χ0n) is 9.84. The number of carbonyl (C=O) groups excluding carboxylic acids is 1. The number of benzene rings is 1. The first-order valence-electron chi connectivity index (χ1n) is 5.41. The van der Waals surface area contributed by atoms with Crippen LogP contribution < -0.4 is 5.32 Å². The van der Waals surface area contributed by atoms with E-state index >= 15 is 0 Å². The lowest BCUT2D eigenvalue weighted by molar-refractivity contribution is 0.0912. The van der Waals surface area contributed by atoms with Gasteiger partial charge in [0.2, 0.25) is 0 Å². The van der Waals surface area contributed by atoms with E-state index in [4.69, 9.17) is 0 Å². The number of carbonyl (C=O) groups is 1. The Labute approximate surface area is 122 Å². The van der Waals surface area contributed by atoms with Crippen LogP contribution in [-0.4, -0.2) is 27.2 Å². The van der Waals surface area contributed by atoms with Gasteiger partial charge in [-0.3, -0.25) is 4.79 Å². The minimum atomic E-state index is -0.577. The highest BCUT2D eigenvalue weighted by atomic mass is 79.9.